The molecule has 10 nitrogen and oxygen atoms in total. The Morgan fingerprint density at radius 3 is 2.64 bits per heavy atom. The number of nitrogens with zero attached hydrogens (tertiary/aromatic N) is 4. The van der Waals surface area contributed by atoms with Crippen LogP contribution in [0.1, 0.15) is 32.7 Å². The highest BCUT2D eigenvalue weighted by Crippen LogP contribution is 2.37. The Morgan fingerprint density at radius 1 is 1.22 bits per heavy atom. The first-order chi connectivity index (χ1) is 17.1. The third-order valence-corrected chi connectivity index (χ3v) is 7.06. The normalized spacial score (nSPS) is 28.8. The third-order valence-electron chi connectivity index (χ3n) is 6.77. The quantitative estimate of drug-likeness (QED) is 0.442. The fraction of sp³-hybridized carbons (Fsp3) is 0.609. The van der Waals surface area contributed by atoms with Crippen LogP contribution in [0.3, 0.4) is 0 Å². The van der Waals surface area contributed by atoms with Crippen LogP contribution in [-0.4, -0.2) is 86.9 Å². The number of oxime groups is 1. The van der Waals surface area contributed by atoms with E-state index in [1.165, 1.54) is 30.1 Å². The molecule has 2 aliphatic heterocycles. The zero-order valence-corrected chi connectivity index (χ0v) is 20.8. The molecule has 6 atom stereocenters. The molecular weight excluding hydrogens is 502 g/mol. The summed E-state index contributed by atoms with van der Waals surface area (Å²) in [7, 11) is 1.44. The van der Waals surface area contributed by atoms with Gasteiger partial charge in [-0.3, -0.25) is 0 Å². The number of aliphatic hydroxyl groups excluding tert-OH is 3. The fourth-order valence-electron chi connectivity index (χ4n) is 4.53. The number of hydrogen-bond acceptors (Lipinski definition) is 9. The van der Waals surface area contributed by atoms with Gasteiger partial charge >= 0.3 is 0 Å². The van der Waals surface area contributed by atoms with E-state index in [1.54, 1.807) is 0 Å². The molecule has 2 aromatic rings. The van der Waals surface area contributed by atoms with Crippen molar-refractivity contribution >= 4 is 17.3 Å². The summed E-state index contributed by atoms with van der Waals surface area (Å²) in [5, 5.41) is 42.2. The number of ether oxygens (including phenoxy) is 2. The van der Waals surface area contributed by atoms with Gasteiger partial charge in [0.05, 0.1) is 36.2 Å². The van der Waals surface area contributed by atoms with Crippen molar-refractivity contribution in [2.75, 3.05) is 20.3 Å². The molecule has 36 heavy (non-hydrogen) atoms. The van der Waals surface area contributed by atoms with Crippen molar-refractivity contribution < 1.29 is 38.4 Å². The molecule has 1 fully saturated rings. The third kappa shape index (κ3) is 4.98. The lowest BCUT2D eigenvalue weighted by Crippen LogP contribution is -2.57. The van der Waals surface area contributed by atoms with Crippen LogP contribution in [0.15, 0.2) is 23.5 Å². The smallest absolute Gasteiger partial charge is 0.178 e. The monoisotopic (exact) mass is 530 g/mol. The fourth-order valence-corrected chi connectivity index (χ4v) is 4.68. The van der Waals surface area contributed by atoms with E-state index in [-0.39, 0.29) is 29.0 Å². The molecule has 1 saturated heterocycles. The number of methoxy groups -OCH3 is 1. The molecule has 4 rings (SSSR count). The van der Waals surface area contributed by atoms with Crippen molar-refractivity contribution in [3.8, 4) is 11.3 Å². The summed E-state index contributed by atoms with van der Waals surface area (Å²) in [6.07, 6.45) is -1.86. The van der Waals surface area contributed by atoms with Crippen LogP contribution in [0.25, 0.3) is 11.3 Å². The van der Waals surface area contributed by atoms with Crippen LogP contribution in [0, 0.1) is 17.0 Å². The molecular formula is C23H29ClF2N4O6. The number of aromatic nitrogens is 3. The van der Waals surface area contributed by atoms with E-state index in [4.69, 9.17) is 25.9 Å². The van der Waals surface area contributed by atoms with E-state index in [9.17, 15) is 24.1 Å². The maximum Gasteiger partial charge on any atom is 0.178 e. The largest absolute Gasteiger partial charge is 0.395 e. The Bertz CT molecular complexity index is 1120. The first kappa shape index (κ1) is 26.8. The van der Waals surface area contributed by atoms with Gasteiger partial charge in [-0.05, 0) is 12.1 Å². The first-order valence-corrected chi connectivity index (χ1v) is 11.9. The second kappa shape index (κ2) is 10.6. The lowest BCUT2D eigenvalue weighted by Gasteiger charge is -2.44. The van der Waals surface area contributed by atoms with Crippen LogP contribution in [-0.2, 0) is 14.3 Å². The summed E-state index contributed by atoms with van der Waals surface area (Å²) in [6.45, 7) is 3.15. The van der Waals surface area contributed by atoms with Crippen LogP contribution >= 0.6 is 11.6 Å². The topological polar surface area (TPSA) is 131 Å². The number of benzene rings is 1. The van der Waals surface area contributed by atoms with E-state index < -0.39 is 54.1 Å². The lowest BCUT2D eigenvalue weighted by atomic mass is 9.84. The lowest BCUT2D eigenvalue weighted by molar-refractivity contribution is -0.219. The second-order valence-corrected chi connectivity index (χ2v) is 10.0. The molecule has 0 unspecified atom stereocenters. The standard InChI is InChI=1S/C23H29ClF2N4O6/c1-23(2,10-32)17-7-11(36-28-17)6-15-22(34-3)20(21(33)16(9-31)35-15)30-8-14(27-29-30)12-4-5-13(24)19(26)18(12)25/h4-5,8,11,15-16,20-22,31-33H,6-7,9-10H2,1-3H3/t11-,15+,16+,20-,21-,22-/m0/s1. The summed E-state index contributed by atoms with van der Waals surface area (Å²) in [5.41, 5.74) is 0.0534. The zero-order chi connectivity index (χ0) is 26.2. The number of hydrogen-bond donors (Lipinski definition) is 3. The number of halogens is 3. The van der Waals surface area contributed by atoms with Crippen LogP contribution in [0.5, 0.6) is 0 Å². The Balaban J connectivity index is 1.58. The van der Waals surface area contributed by atoms with Gasteiger partial charge in [0, 0.05) is 30.9 Å². The van der Waals surface area contributed by atoms with Gasteiger partial charge in [0.1, 0.15) is 36.2 Å². The SMILES string of the molecule is CO[C@@H]1[C@@H](n2cc(-c3ccc(Cl)c(F)c3F)nn2)[C@@H](O)[C@@H](CO)O[C@@H]1C[C@H]1CC(C(C)(C)CO)=NO1. The molecule has 0 radical (unpaired) electrons. The Morgan fingerprint density at radius 2 is 1.97 bits per heavy atom. The Hall–Kier alpha value is -2.22. The molecule has 1 aromatic heterocycles. The van der Waals surface area contributed by atoms with Crippen molar-refractivity contribution in [2.24, 2.45) is 10.6 Å². The molecule has 2 aliphatic rings. The summed E-state index contributed by atoms with van der Waals surface area (Å²) in [5.74, 6) is -2.37. The molecule has 13 heteroatoms. The molecule has 0 bridgehead atoms. The highest BCUT2D eigenvalue weighted by atomic mass is 35.5. The summed E-state index contributed by atoms with van der Waals surface area (Å²) in [4.78, 5) is 5.58. The van der Waals surface area contributed by atoms with Gasteiger partial charge in [-0.1, -0.05) is 35.8 Å². The van der Waals surface area contributed by atoms with Gasteiger partial charge in [0.25, 0.3) is 0 Å². The average Bonchev–Trinajstić information content (AvgIpc) is 3.53. The van der Waals surface area contributed by atoms with E-state index >= 15 is 0 Å². The van der Waals surface area contributed by atoms with Crippen LogP contribution in [0.2, 0.25) is 5.02 Å². The first-order valence-electron chi connectivity index (χ1n) is 11.5. The van der Waals surface area contributed by atoms with Gasteiger partial charge < -0.3 is 29.6 Å². The van der Waals surface area contributed by atoms with Crippen molar-refractivity contribution in [3.63, 3.8) is 0 Å². The van der Waals surface area contributed by atoms with Gasteiger partial charge in [-0.15, -0.1) is 5.10 Å². The van der Waals surface area contributed by atoms with Gasteiger partial charge in [-0.2, -0.15) is 0 Å². The van der Waals surface area contributed by atoms with Gasteiger partial charge in [0.2, 0.25) is 0 Å². The summed E-state index contributed by atoms with van der Waals surface area (Å²) >= 11 is 5.64. The molecule has 0 spiro atoms. The van der Waals surface area contributed by atoms with Crippen molar-refractivity contribution in [3.05, 3.63) is 35.0 Å². The van der Waals surface area contributed by atoms with E-state index in [0.717, 1.165) is 0 Å². The van der Waals surface area contributed by atoms with Crippen LogP contribution in [0.4, 0.5) is 8.78 Å². The number of rotatable bonds is 8. The zero-order valence-electron chi connectivity index (χ0n) is 20.0. The molecule has 0 aliphatic carbocycles. The average molecular weight is 531 g/mol. The molecule has 3 heterocycles. The van der Waals surface area contributed by atoms with E-state index in [0.29, 0.717) is 18.6 Å². The highest BCUT2D eigenvalue weighted by molar-refractivity contribution is 6.30. The molecule has 3 N–H and O–H groups in total. The molecule has 0 saturated carbocycles. The van der Waals surface area contributed by atoms with E-state index in [1.807, 2.05) is 13.8 Å². The van der Waals surface area contributed by atoms with Crippen molar-refractivity contribution in [1.29, 1.82) is 0 Å². The summed E-state index contributed by atoms with van der Waals surface area (Å²) < 4.78 is 41.4. The second-order valence-electron chi connectivity index (χ2n) is 9.63. The maximum atomic E-state index is 14.5. The predicted octanol–water partition coefficient (Wildman–Crippen LogP) is 2.11. The molecule has 198 valence electrons. The minimum Gasteiger partial charge on any atom is -0.395 e. The van der Waals surface area contributed by atoms with E-state index in [2.05, 4.69) is 15.5 Å². The highest BCUT2D eigenvalue weighted by Gasteiger charge is 2.48. The summed E-state index contributed by atoms with van der Waals surface area (Å²) in [6, 6.07) is 1.62. The Kier molecular flexibility index (Phi) is 7.93. The van der Waals surface area contributed by atoms with Crippen molar-refractivity contribution in [1.82, 2.24) is 15.0 Å². The molecule has 1 aromatic carbocycles. The van der Waals surface area contributed by atoms with Gasteiger partial charge in [0.15, 0.2) is 11.6 Å². The number of aliphatic hydroxyl groups is 3. The maximum absolute atomic E-state index is 14.5. The van der Waals surface area contributed by atoms with Gasteiger partial charge in [-0.25, -0.2) is 13.5 Å². The Labute approximate surface area is 211 Å². The molecule has 0 amide bonds. The van der Waals surface area contributed by atoms with Crippen molar-refractivity contribution in [2.45, 2.75) is 63.3 Å². The minimum atomic E-state index is -1.25. The minimum absolute atomic E-state index is 0.0251. The van der Waals surface area contributed by atoms with Crippen LogP contribution < -0.4 is 0 Å². The predicted molar refractivity (Wildman–Crippen MR) is 124 cm³/mol.